The fourth-order valence-electron chi connectivity index (χ4n) is 2.63. The van der Waals surface area contributed by atoms with Crippen molar-refractivity contribution in [2.75, 3.05) is 6.54 Å². The number of hydrogen-bond acceptors (Lipinski definition) is 3. The standard InChI is InChI=1S/C17H21ClFNO3/c1-17(2,3)23-16(22)20-7-5-4-6-14(20)15(21)11-8-12(18)10-13(19)9-11/h8-10,14H,4-7H2,1-3H3. The first-order valence-corrected chi connectivity index (χ1v) is 8.05. The molecule has 23 heavy (non-hydrogen) atoms. The maximum Gasteiger partial charge on any atom is 0.410 e. The van der Waals surface area contributed by atoms with E-state index in [-0.39, 0.29) is 16.4 Å². The van der Waals surface area contributed by atoms with Gasteiger partial charge in [0.25, 0.3) is 0 Å². The predicted octanol–water partition coefficient (Wildman–Crippen LogP) is 4.45. The fraction of sp³-hybridized carbons (Fsp3) is 0.529. The van der Waals surface area contributed by atoms with Crippen LogP contribution in [0.3, 0.4) is 0 Å². The van der Waals surface area contributed by atoms with Crippen molar-refractivity contribution in [2.24, 2.45) is 0 Å². The van der Waals surface area contributed by atoms with Crippen molar-refractivity contribution >= 4 is 23.5 Å². The SMILES string of the molecule is CC(C)(C)OC(=O)N1CCCCC1C(=O)c1cc(F)cc(Cl)c1. The Morgan fingerprint density at radius 1 is 1.26 bits per heavy atom. The van der Waals surface area contributed by atoms with Crippen LogP contribution in [-0.4, -0.2) is 35.0 Å². The number of piperidine rings is 1. The number of ketones is 1. The van der Waals surface area contributed by atoms with Crippen LogP contribution < -0.4 is 0 Å². The van der Waals surface area contributed by atoms with E-state index in [4.69, 9.17) is 16.3 Å². The van der Waals surface area contributed by atoms with Crippen molar-refractivity contribution in [3.05, 3.63) is 34.6 Å². The molecule has 1 heterocycles. The van der Waals surface area contributed by atoms with Crippen LogP contribution in [-0.2, 0) is 4.74 Å². The second-order valence-corrected chi connectivity index (χ2v) is 7.14. The minimum absolute atomic E-state index is 0.160. The highest BCUT2D eigenvalue weighted by Gasteiger charge is 2.35. The summed E-state index contributed by atoms with van der Waals surface area (Å²) in [5.74, 6) is -0.877. The molecule has 1 aromatic carbocycles. The minimum Gasteiger partial charge on any atom is -0.444 e. The lowest BCUT2D eigenvalue weighted by Crippen LogP contribution is -2.49. The smallest absolute Gasteiger partial charge is 0.410 e. The molecule has 126 valence electrons. The van der Waals surface area contributed by atoms with Crippen molar-refractivity contribution in [2.45, 2.75) is 51.7 Å². The summed E-state index contributed by atoms with van der Waals surface area (Å²) in [6.07, 6.45) is 1.66. The van der Waals surface area contributed by atoms with Crippen LogP contribution in [0.25, 0.3) is 0 Å². The first-order chi connectivity index (χ1) is 10.7. The van der Waals surface area contributed by atoms with Gasteiger partial charge in [0.2, 0.25) is 0 Å². The second kappa shape index (κ2) is 6.87. The van der Waals surface area contributed by atoms with Crippen molar-refractivity contribution in [1.82, 2.24) is 4.90 Å². The average Bonchev–Trinajstić information content (AvgIpc) is 2.43. The Bertz CT molecular complexity index is 592. The highest BCUT2D eigenvalue weighted by molar-refractivity contribution is 6.31. The lowest BCUT2D eigenvalue weighted by Gasteiger charge is -2.35. The highest BCUT2D eigenvalue weighted by Crippen LogP contribution is 2.25. The Hall–Kier alpha value is -1.62. The average molecular weight is 342 g/mol. The summed E-state index contributed by atoms with van der Waals surface area (Å²) in [5.41, 5.74) is -0.458. The molecular formula is C17H21ClFNO3. The van der Waals surface area contributed by atoms with Crippen molar-refractivity contribution in [3.8, 4) is 0 Å². The molecule has 6 heteroatoms. The number of carbonyl (C=O) groups excluding carboxylic acids is 2. The predicted molar refractivity (Wildman–Crippen MR) is 86.3 cm³/mol. The first-order valence-electron chi connectivity index (χ1n) is 7.67. The molecule has 1 atom stereocenters. The molecule has 0 saturated carbocycles. The largest absolute Gasteiger partial charge is 0.444 e. The van der Waals surface area contributed by atoms with Gasteiger partial charge in [-0.2, -0.15) is 0 Å². The van der Waals surface area contributed by atoms with Crippen LogP contribution in [0.2, 0.25) is 5.02 Å². The fourth-order valence-corrected chi connectivity index (χ4v) is 2.85. The third-order valence-electron chi connectivity index (χ3n) is 3.58. The summed E-state index contributed by atoms with van der Waals surface area (Å²) in [7, 11) is 0. The number of rotatable bonds is 2. The Morgan fingerprint density at radius 2 is 1.96 bits per heavy atom. The number of hydrogen-bond donors (Lipinski definition) is 0. The van der Waals surface area contributed by atoms with Crippen LogP contribution in [0.5, 0.6) is 0 Å². The molecule has 0 spiro atoms. The zero-order valence-electron chi connectivity index (χ0n) is 13.6. The molecular weight excluding hydrogens is 321 g/mol. The van der Waals surface area contributed by atoms with Crippen molar-refractivity contribution in [1.29, 1.82) is 0 Å². The maximum atomic E-state index is 13.5. The third-order valence-corrected chi connectivity index (χ3v) is 3.80. The molecule has 1 aromatic rings. The summed E-state index contributed by atoms with van der Waals surface area (Å²) in [5, 5.41) is 0.160. The number of likely N-dealkylation sites (tertiary alicyclic amines) is 1. The minimum atomic E-state index is -0.642. The highest BCUT2D eigenvalue weighted by atomic mass is 35.5. The number of nitrogens with zero attached hydrogens (tertiary/aromatic N) is 1. The quantitative estimate of drug-likeness (QED) is 0.746. The van der Waals surface area contributed by atoms with Crippen LogP contribution in [0, 0.1) is 5.82 Å². The molecule has 4 nitrogen and oxygen atoms in total. The van der Waals surface area contributed by atoms with E-state index in [0.717, 1.165) is 25.0 Å². The lowest BCUT2D eigenvalue weighted by molar-refractivity contribution is 0.0105. The lowest BCUT2D eigenvalue weighted by atomic mass is 9.94. The molecule has 1 unspecified atom stereocenters. The summed E-state index contributed by atoms with van der Waals surface area (Å²) < 4.78 is 18.9. The molecule has 0 bridgehead atoms. The van der Waals surface area contributed by atoms with Crippen LogP contribution >= 0.6 is 11.6 Å². The Labute approximate surface area is 140 Å². The number of benzene rings is 1. The van der Waals surface area contributed by atoms with Crippen LogP contribution in [0.15, 0.2) is 18.2 Å². The number of halogens is 2. The van der Waals surface area contributed by atoms with Gasteiger partial charge in [-0.15, -0.1) is 0 Å². The van der Waals surface area contributed by atoms with Gasteiger partial charge < -0.3 is 4.74 Å². The number of ether oxygens (including phenoxy) is 1. The van der Waals surface area contributed by atoms with Gasteiger partial charge in [0.1, 0.15) is 11.4 Å². The number of Topliss-reactive ketones (excluding diaryl/α,β-unsaturated/α-hetero) is 1. The zero-order valence-corrected chi connectivity index (χ0v) is 14.3. The van der Waals surface area contributed by atoms with Crippen molar-refractivity contribution in [3.63, 3.8) is 0 Å². The molecule has 1 amide bonds. The summed E-state index contributed by atoms with van der Waals surface area (Å²) in [6.45, 7) is 5.78. The molecule has 0 aliphatic carbocycles. The van der Waals surface area contributed by atoms with E-state index in [9.17, 15) is 14.0 Å². The van der Waals surface area contributed by atoms with E-state index >= 15 is 0 Å². The van der Waals surface area contributed by atoms with Gasteiger partial charge in [-0.05, 0) is 58.2 Å². The van der Waals surface area contributed by atoms with Gasteiger partial charge in [0.05, 0.1) is 6.04 Å². The van der Waals surface area contributed by atoms with E-state index in [1.165, 1.54) is 11.0 Å². The first kappa shape index (κ1) is 17.7. The molecule has 1 aliphatic rings. The molecule has 0 radical (unpaired) electrons. The number of carbonyl (C=O) groups is 2. The third kappa shape index (κ3) is 4.67. The maximum absolute atomic E-state index is 13.5. The van der Waals surface area contributed by atoms with E-state index in [2.05, 4.69) is 0 Å². The van der Waals surface area contributed by atoms with Gasteiger partial charge in [-0.25, -0.2) is 9.18 Å². The van der Waals surface area contributed by atoms with Crippen LogP contribution in [0.4, 0.5) is 9.18 Å². The molecule has 1 aliphatic heterocycles. The van der Waals surface area contributed by atoms with E-state index < -0.39 is 23.6 Å². The second-order valence-electron chi connectivity index (χ2n) is 6.71. The topological polar surface area (TPSA) is 46.6 Å². The number of amides is 1. The van der Waals surface area contributed by atoms with E-state index in [0.29, 0.717) is 13.0 Å². The van der Waals surface area contributed by atoms with Gasteiger partial charge in [-0.3, -0.25) is 9.69 Å². The van der Waals surface area contributed by atoms with Gasteiger partial charge in [0.15, 0.2) is 5.78 Å². The summed E-state index contributed by atoms with van der Waals surface area (Å²) in [6, 6.07) is 3.08. The summed E-state index contributed by atoms with van der Waals surface area (Å²) in [4.78, 5) is 26.5. The van der Waals surface area contributed by atoms with Gasteiger partial charge in [0, 0.05) is 17.1 Å². The zero-order chi connectivity index (χ0) is 17.2. The molecule has 2 rings (SSSR count). The molecule has 1 saturated heterocycles. The normalized spacial score (nSPS) is 18.7. The van der Waals surface area contributed by atoms with Crippen LogP contribution in [0.1, 0.15) is 50.4 Å². The van der Waals surface area contributed by atoms with Gasteiger partial charge in [-0.1, -0.05) is 11.6 Å². The molecule has 0 N–H and O–H groups in total. The Morgan fingerprint density at radius 3 is 2.57 bits per heavy atom. The van der Waals surface area contributed by atoms with Crippen molar-refractivity contribution < 1.29 is 18.7 Å². The molecule has 1 fully saturated rings. The van der Waals surface area contributed by atoms with E-state index in [1.807, 2.05) is 0 Å². The Balaban J connectivity index is 2.23. The van der Waals surface area contributed by atoms with E-state index in [1.54, 1.807) is 20.8 Å². The monoisotopic (exact) mass is 341 g/mol. The summed E-state index contributed by atoms with van der Waals surface area (Å²) >= 11 is 5.82. The molecule has 0 aromatic heterocycles. The van der Waals surface area contributed by atoms with Gasteiger partial charge >= 0.3 is 6.09 Å². The Kier molecular flexibility index (Phi) is 5.30.